The standard InChI is InChI=1S/C5H12O3S/c1-3-5(4-2)9(6,7)8/h5H,3-4H2,1-2H3,(H,6,7,8)/p-1. The molecule has 0 amide bonds. The van der Waals surface area contributed by atoms with Crippen LogP contribution in [-0.2, 0) is 10.1 Å². The highest BCUT2D eigenvalue weighted by Gasteiger charge is 2.09. The zero-order chi connectivity index (χ0) is 7.49. The highest BCUT2D eigenvalue weighted by molar-refractivity contribution is 7.86. The monoisotopic (exact) mass is 151 g/mol. The fourth-order valence-corrected chi connectivity index (χ4v) is 1.51. The van der Waals surface area contributed by atoms with E-state index in [1.165, 1.54) is 0 Å². The van der Waals surface area contributed by atoms with E-state index in [1.54, 1.807) is 13.8 Å². The minimum absolute atomic E-state index is 0.419. The fraction of sp³-hybridized carbons (Fsp3) is 1.00. The Labute approximate surface area is 55.8 Å². The second-order valence-corrected chi connectivity index (χ2v) is 3.58. The van der Waals surface area contributed by atoms with Crippen molar-refractivity contribution in [3.05, 3.63) is 0 Å². The van der Waals surface area contributed by atoms with Crippen LogP contribution in [0.25, 0.3) is 0 Å². The van der Waals surface area contributed by atoms with Crippen molar-refractivity contribution in [2.45, 2.75) is 31.9 Å². The highest BCUT2D eigenvalue weighted by Crippen LogP contribution is 2.06. The maximum Gasteiger partial charge on any atom is 0.0975 e. The lowest BCUT2D eigenvalue weighted by molar-refractivity contribution is 0.443. The largest absolute Gasteiger partial charge is 0.748 e. The van der Waals surface area contributed by atoms with E-state index in [2.05, 4.69) is 0 Å². The van der Waals surface area contributed by atoms with E-state index in [-0.39, 0.29) is 0 Å². The van der Waals surface area contributed by atoms with Gasteiger partial charge in [0.25, 0.3) is 0 Å². The Morgan fingerprint density at radius 3 is 1.67 bits per heavy atom. The van der Waals surface area contributed by atoms with Gasteiger partial charge in [-0.05, 0) is 12.8 Å². The van der Waals surface area contributed by atoms with E-state index in [4.69, 9.17) is 0 Å². The van der Waals surface area contributed by atoms with Gasteiger partial charge in [0.1, 0.15) is 0 Å². The predicted molar refractivity (Wildman–Crippen MR) is 34.1 cm³/mol. The summed E-state index contributed by atoms with van der Waals surface area (Å²) >= 11 is 0. The van der Waals surface area contributed by atoms with E-state index < -0.39 is 15.4 Å². The average Bonchev–Trinajstić information content (AvgIpc) is 1.65. The molecule has 56 valence electrons. The molecule has 0 bridgehead atoms. The van der Waals surface area contributed by atoms with Gasteiger partial charge in [0.15, 0.2) is 0 Å². The number of hydrogen-bond acceptors (Lipinski definition) is 3. The Bertz CT molecular complexity index is 155. The molecular weight excluding hydrogens is 140 g/mol. The molecule has 0 aliphatic carbocycles. The topological polar surface area (TPSA) is 57.2 Å². The zero-order valence-corrected chi connectivity index (χ0v) is 6.44. The smallest absolute Gasteiger partial charge is 0.0975 e. The molecule has 0 atom stereocenters. The third kappa shape index (κ3) is 2.81. The molecule has 0 spiro atoms. The molecule has 0 aromatic heterocycles. The maximum absolute atomic E-state index is 10.2. The molecule has 3 nitrogen and oxygen atoms in total. The molecule has 0 aromatic rings. The van der Waals surface area contributed by atoms with Crippen molar-refractivity contribution >= 4 is 10.1 Å². The summed E-state index contributed by atoms with van der Waals surface area (Å²) in [4.78, 5) is 0. The molecule has 0 saturated carbocycles. The van der Waals surface area contributed by atoms with Gasteiger partial charge in [-0.15, -0.1) is 0 Å². The molecule has 0 aromatic carbocycles. The number of rotatable bonds is 3. The van der Waals surface area contributed by atoms with E-state index in [0.29, 0.717) is 12.8 Å². The molecule has 0 saturated heterocycles. The van der Waals surface area contributed by atoms with Crippen LogP contribution in [0.4, 0.5) is 0 Å². The molecule has 9 heavy (non-hydrogen) atoms. The summed E-state index contributed by atoms with van der Waals surface area (Å²) in [6.45, 7) is 3.40. The van der Waals surface area contributed by atoms with Gasteiger partial charge in [-0.3, -0.25) is 0 Å². The zero-order valence-electron chi connectivity index (χ0n) is 5.62. The van der Waals surface area contributed by atoms with Gasteiger partial charge in [0.05, 0.1) is 10.1 Å². The second kappa shape index (κ2) is 3.17. The van der Waals surface area contributed by atoms with E-state index in [9.17, 15) is 13.0 Å². The van der Waals surface area contributed by atoms with Crippen LogP contribution in [0, 0.1) is 0 Å². The van der Waals surface area contributed by atoms with Crippen LogP contribution in [0.1, 0.15) is 26.7 Å². The van der Waals surface area contributed by atoms with E-state index >= 15 is 0 Å². The quantitative estimate of drug-likeness (QED) is 0.558. The Kier molecular flexibility index (Phi) is 3.14. The van der Waals surface area contributed by atoms with Crippen LogP contribution in [0.2, 0.25) is 0 Å². The van der Waals surface area contributed by atoms with Crippen LogP contribution in [0.15, 0.2) is 0 Å². The Morgan fingerprint density at radius 2 is 1.67 bits per heavy atom. The van der Waals surface area contributed by atoms with Crippen LogP contribution < -0.4 is 0 Å². The van der Waals surface area contributed by atoms with Gasteiger partial charge >= 0.3 is 0 Å². The first-order valence-electron chi connectivity index (χ1n) is 2.97. The summed E-state index contributed by atoms with van der Waals surface area (Å²) in [5.74, 6) is 0. The molecule has 0 fully saturated rings. The first kappa shape index (κ1) is 8.91. The third-order valence-corrected chi connectivity index (χ3v) is 2.80. The minimum Gasteiger partial charge on any atom is -0.748 e. The van der Waals surface area contributed by atoms with Gasteiger partial charge in [-0.25, -0.2) is 8.42 Å². The van der Waals surface area contributed by atoms with Crippen LogP contribution >= 0.6 is 0 Å². The third-order valence-electron chi connectivity index (χ3n) is 1.32. The SMILES string of the molecule is CCC(CC)S(=O)(=O)[O-]. The molecule has 0 unspecified atom stereocenters. The van der Waals surface area contributed by atoms with Crippen molar-refractivity contribution < 1.29 is 13.0 Å². The van der Waals surface area contributed by atoms with Crippen molar-refractivity contribution in [3.8, 4) is 0 Å². The van der Waals surface area contributed by atoms with Gasteiger partial charge in [-0.2, -0.15) is 0 Å². The molecule has 0 aliphatic rings. The highest BCUT2D eigenvalue weighted by atomic mass is 32.2. The Hall–Kier alpha value is -0.0900. The average molecular weight is 151 g/mol. The van der Waals surface area contributed by atoms with Crippen LogP contribution in [-0.4, -0.2) is 18.2 Å². The summed E-state index contributed by atoms with van der Waals surface area (Å²) in [5, 5.41) is -0.683. The van der Waals surface area contributed by atoms with Crippen LogP contribution in [0.3, 0.4) is 0 Å². The van der Waals surface area contributed by atoms with Crippen molar-refractivity contribution in [2.24, 2.45) is 0 Å². The van der Waals surface area contributed by atoms with Gasteiger partial charge in [0.2, 0.25) is 0 Å². The molecule has 0 N–H and O–H groups in total. The Morgan fingerprint density at radius 1 is 1.33 bits per heavy atom. The second-order valence-electron chi connectivity index (χ2n) is 1.93. The van der Waals surface area contributed by atoms with Crippen molar-refractivity contribution in [2.75, 3.05) is 0 Å². The summed E-state index contributed by atoms with van der Waals surface area (Å²) in [5.41, 5.74) is 0. The molecule has 4 heteroatoms. The van der Waals surface area contributed by atoms with E-state index in [1.807, 2.05) is 0 Å². The van der Waals surface area contributed by atoms with Crippen molar-refractivity contribution in [1.82, 2.24) is 0 Å². The molecule has 0 radical (unpaired) electrons. The molecule has 0 heterocycles. The lowest BCUT2D eigenvalue weighted by Gasteiger charge is -2.15. The van der Waals surface area contributed by atoms with Gasteiger partial charge in [0, 0.05) is 5.25 Å². The van der Waals surface area contributed by atoms with E-state index in [0.717, 1.165) is 0 Å². The first-order chi connectivity index (χ1) is 4.02. The van der Waals surface area contributed by atoms with Crippen LogP contribution in [0.5, 0.6) is 0 Å². The lowest BCUT2D eigenvalue weighted by Crippen LogP contribution is -2.18. The van der Waals surface area contributed by atoms with Crippen molar-refractivity contribution in [1.29, 1.82) is 0 Å². The van der Waals surface area contributed by atoms with Gasteiger partial charge < -0.3 is 4.55 Å². The number of hydrogen-bond donors (Lipinski definition) is 0. The lowest BCUT2D eigenvalue weighted by atomic mass is 10.3. The van der Waals surface area contributed by atoms with Gasteiger partial charge in [-0.1, -0.05) is 13.8 Å². The van der Waals surface area contributed by atoms with Crippen molar-refractivity contribution in [3.63, 3.8) is 0 Å². The fourth-order valence-electron chi connectivity index (χ4n) is 0.697. The molecule has 0 rings (SSSR count). The molecular formula is C5H11O3S-. The minimum atomic E-state index is -4.02. The summed E-state index contributed by atoms with van der Waals surface area (Å²) in [6.07, 6.45) is 0.838. The summed E-state index contributed by atoms with van der Waals surface area (Å²) < 4.78 is 30.7. The first-order valence-corrected chi connectivity index (χ1v) is 4.44. The maximum atomic E-state index is 10.2. The molecule has 0 aliphatic heterocycles. The predicted octanol–water partition coefficient (Wildman–Crippen LogP) is 0.720. The summed E-state index contributed by atoms with van der Waals surface area (Å²) in [7, 11) is -4.02. The summed E-state index contributed by atoms with van der Waals surface area (Å²) in [6, 6.07) is 0. The normalized spacial score (nSPS) is 12.4. The Balaban J connectivity index is 4.14.